The van der Waals surface area contributed by atoms with Crippen molar-refractivity contribution in [3.8, 4) is 0 Å². The molecule has 0 saturated heterocycles. The van der Waals surface area contributed by atoms with Crippen molar-refractivity contribution in [2.24, 2.45) is 17.2 Å². The third-order valence-electron chi connectivity index (χ3n) is 5.23. The van der Waals surface area contributed by atoms with E-state index in [0.717, 1.165) is 12.0 Å². The molecule has 0 radical (unpaired) electrons. The lowest BCUT2D eigenvalue weighted by molar-refractivity contribution is -0.142. The number of amides is 3. The summed E-state index contributed by atoms with van der Waals surface area (Å²) in [6.07, 6.45) is 3.51. The lowest BCUT2D eigenvalue weighted by atomic mass is 10.0. The fraction of sp³-hybridized carbons (Fsp3) is 0.565. The van der Waals surface area contributed by atoms with E-state index >= 15 is 0 Å². The Labute approximate surface area is 200 Å². The van der Waals surface area contributed by atoms with Gasteiger partial charge in [0.05, 0.1) is 12.6 Å². The van der Waals surface area contributed by atoms with Gasteiger partial charge in [0.1, 0.15) is 12.1 Å². The highest BCUT2D eigenvalue weighted by atomic mass is 16.4. The molecule has 0 fully saturated rings. The van der Waals surface area contributed by atoms with Crippen LogP contribution in [0.1, 0.15) is 44.1 Å². The standard InChI is InChI=1S/C23H38N6O5/c24-12-6-4-10-17(26)21(31)29-19(14-16-8-2-1-3-9-16)22(32)27-15-20(30)28-18(23(33)34)11-5-7-13-25/h1-3,8-9,17-19H,4-7,10-15,24-26H2,(H,27,32)(H,28,30)(H,29,31)(H,33,34). The van der Waals surface area contributed by atoms with Crippen LogP contribution in [-0.4, -0.2) is 66.6 Å². The van der Waals surface area contributed by atoms with E-state index in [2.05, 4.69) is 16.0 Å². The van der Waals surface area contributed by atoms with Gasteiger partial charge in [0.25, 0.3) is 0 Å². The number of carbonyl (C=O) groups is 4. The van der Waals surface area contributed by atoms with Gasteiger partial charge in [-0.3, -0.25) is 14.4 Å². The summed E-state index contributed by atoms with van der Waals surface area (Å²) in [6.45, 7) is 0.510. The molecular weight excluding hydrogens is 440 g/mol. The highest BCUT2D eigenvalue weighted by Gasteiger charge is 2.25. The number of rotatable bonds is 17. The van der Waals surface area contributed by atoms with Gasteiger partial charge in [-0.25, -0.2) is 4.79 Å². The Bertz CT molecular complexity index is 776. The van der Waals surface area contributed by atoms with Crippen molar-refractivity contribution >= 4 is 23.7 Å². The number of aliphatic carboxylic acids is 1. The highest BCUT2D eigenvalue weighted by Crippen LogP contribution is 2.06. The molecule has 0 aliphatic carbocycles. The summed E-state index contributed by atoms with van der Waals surface area (Å²) in [5.41, 5.74) is 17.6. The molecule has 3 atom stereocenters. The number of unbranched alkanes of at least 4 members (excludes halogenated alkanes) is 2. The maximum Gasteiger partial charge on any atom is 0.326 e. The van der Waals surface area contributed by atoms with Crippen molar-refractivity contribution in [2.45, 2.75) is 63.1 Å². The number of nitrogens with one attached hydrogen (secondary N) is 3. The smallest absolute Gasteiger partial charge is 0.326 e. The Morgan fingerprint density at radius 1 is 0.824 bits per heavy atom. The number of carbonyl (C=O) groups excluding carboxylic acids is 3. The molecule has 0 aromatic heterocycles. The molecule has 3 unspecified atom stereocenters. The van der Waals surface area contributed by atoms with Gasteiger partial charge in [0.2, 0.25) is 17.7 Å². The highest BCUT2D eigenvalue weighted by molar-refractivity contribution is 5.92. The Hall–Kier alpha value is -3.02. The van der Waals surface area contributed by atoms with Crippen molar-refractivity contribution in [3.05, 3.63) is 35.9 Å². The zero-order chi connectivity index (χ0) is 25.3. The zero-order valence-electron chi connectivity index (χ0n) is 19.5. The number of hydrogen-bond acceptors (Lipinski definition) is 7. The van der Waals surface area contributed by atoms with Crippen LogP contribution >= 0.6 is 0 Å². The summed E-state index contributed by atoms with van der Waals surface area (Å²) in [5.74, 6) is -2.84. The van der Waals surface area contributed by atoms with E-state index in [0.29, 0.717) is 38.8 Å². The van der Waals surface area contributed by atoms with Gasteiger partial charge in [-0.05, 0) is 50.8 Å². The monoisotopic (exact) mass is 478 g/mol. The summed E-state index contributed by atoms with van der Waals surface area (Å²) in [7, 11) is 0. The van der Waals surface area contributed by atoms with Gasteiger partial charge >= 0.3 is 5.97 Å². The summed E-state index contributed by atoms with van der Waals surface area (Å²) in [4.78, 5) is 48.9. The van der Waals surface area contributed by atoms with Gasteiger partial charge in [-0.2, -0.15) is 0 Å². The van der Waals surface area contributed by atoms with Crippen molar-refractivity contribution in [1.29, 1.82) is 0 Å². The van der Waals surface area contributed by atoms with Crippen LogP contribution in [0.15, 0.2) is 30.3 Å². The zero-order valence-corrected chi connectivity index (χ0v) is 19.5. The lowest BCUT2D eigenvalue weighted by Crippen LogP contribution is -2.54. The third kappa shape index (κ3) is 11.7. The van der Waals surface area contributed by atoms with Crippen molar-refractivity contribution in [1.82, 2.24) is 16.0 Å². The van der Waals surface area contributed by atoms with E-state index in [1.54, 1.807) is 0 Å². The predicted octanol–water partition coefficient (Wildman–Crippen LogP) is -1.02. The second kappa shape index (κ2) is 16.6. The van der Waals surface area contributed by atoms with E-state index in [-0.39, 0.29) is 12.8 Å². The number of benzene rings is 1. The molecule has 0 saturated carbocycles. The van der Waals surface area contributed by atoms with Crippen LogP contribution < -0.4 is 33.2 Å². The molecule has 0 aliphatic rings. The summed E-state index contributed by atoms with van der Waals surface area (Å²) in [6, 6.07) is 6.29. The maximum absolute atomic E-state index is 12.8. The minimum Gasteiger partial charge on any atom is -0.480 e. The normalized spacial score (nSPS) is 13.4. The first-order chi connectivity index (χ1) is 16.3. The molecule has 1 aromatic carbocycles. The summed E-state index contributed by atoms with van der Waals surface area (Å²) in [5, 5.41) is 16.8. The van der Waals surface area contributed by atoms with Gasteiger partial charge in [0, 0.05) is 6.42 Å². The molecule has 34 heavy (non-hydrogen) atoms. The Morgan fingerprint density at radius 3 is 2.03 bits per heavy atom. The number of carboxylic acids is 1. The van der Waals surface area contributed by atoms with Gasteiger partial charge in [0.15, 0.2) is 0 Å². The van der Waals surface area contributed by atoms with Crippen LogP contribution in [0.5, 0.6) is 0 Å². The molecule has 0 bridgehead atoms. The Balaban J connectivity index is 2.72. The van der Waals surface area contributed by atoms with E-state index < -0.39 is 48.4 Å². The van der Waals surface area contributed by atoms with Gasteiger partial charge in [-0.1, -0.05) is 36.8 Å². The van der Waals surface area contributed by atoms with Gasteiger partial charge < -0.3 is 38.3 Å². The average molecular weight is 479 g/mol. The number of hydrogen-bond donors (Lipinski definition) is 7. The molecule has 11 heteroatoms. The minimum absolute atomic E-state index is 0.201. The predicted molar refractivity (Wildman–Crippen MR) is 128 cm³/mol. The topological polar surface area (TPSA) is 203 Å². The first-order valence-corrected chi connectivity index (χ1v) is 11.6. The van der Waals surface area contributed by atoms with Gasteiger partial charge in [-0.15, -0.1) is 0 Å². The van der Waals surface area contributed by atoms with Crippen molar-refractivity contribution in [2.75, 3.05) is 19.6 Å². The van der Waals surface area contributed by atoms with Crippen molar-refractivity contribution < 1.29 is 24.3 Å². The fourth-order valence-corrected chi connectivity index (χ4v) is 3.26. The molecule has 0 spiro atoms. The van der Waals surface area contributed by atoms with E-state index in [9.17, 15) is 24.3 Å². The second-order valence-electron chi connectivity index (χ2n) is 8.10. The molecule has 0 aliphatic heterocycles. The van der Waals surface area contributed by atoms with Crippen LogP contribution in [0, 0.1) is 0 Å². The molecule has 0 heterocycles. The third-order valence-corrected chi connectivity index (χ3v) is 5.23. The lowest BCUT2D eigenvalue weighted by Gasteiger charge is -2.21. The van der Waals surface area contributed by atoms with Crippen LogP contribution in [0.4, 0.5) is 0 Å². The van der Waals surface area contributed by atoms with Crippen LogP contribution in [0.2, 0.25) is 0 Å². The minimum atomic E-state index is -1.16. The first kappa shape index (κ1) is 29.0. The SMILES string of the molecule is NCCCCC(N)C(=O)NC(Cc1ccccc1)C(=O)NCC(=O)NC(CCCCN)C(=O)O. The van der Waals surface area contributed by atoms with Crippen LogP contribution in [-0.2, 0) is 25.6 Å². The number of carboxylic acid groups (broad SMARTS) is 1. The van der Waals surface area contributed by atoms with Crippen LogP contribution in [0.25, 0.3) is 0 Å². The van der Waals surface area contributed by atoms with Crippen molar-refractivity contribution in [3.63, 3.8) is 0 Å². The first-order valence-electron chi connectivity index (χ1n) is 11.6. The summed E-state index contributed by atoms with van der Waals surface area (Å²) < 4.78 is 0. The molecular formula is C23H38N6O5. The van der Waals surface area contributed by atoms with E-state index in [1.807, 2.05) is 30.3 Å². The second-order valence-corrected chi connectivity index (χ2v) is 8.10. The Kier molecular flexibility index (Phi) is 14.1. The summed E-state index contributed by atoms with van der Waals surface area (Å²) >= 11 is 0. The molecule has 190 valence electrons. The quantitative estimate of drug-likeness (QED) is 0.138. The molecule has 3 amide bonds. The largest absolute Gasteiger partial charge is 0.480 e. The van der Waals surface area contributed by atoms with E-state index in [4.69, 9.17) is 17.2 Å². The Morgan fingerprint density at radius 2 is 1.44 bits per heavy atom. The van der Waals surface area contributed by atoms with E-state index in [1.165, 1.54) is 0 Å². The number of nitrogens with two attached hydrogens (primary N) is 3. The van der Waals surface area contributed by atoms with Crippen LogP contribution in [0.3, 0.4) is 0 Å². The molecule has 1 aromatic rings. The maximum atomic E-state index is 12.8. The molecule has 11 nitrogen and oxygen atoms in total. The fourth-order valence-electron chi connectivity index (χ4n) is 3.26. The molecule has 10 N–H and O–H groups in total. The molecule has 1 rings (SSSR count). The average Bonchev–Trinajstić information content (AvgIpc) is 2.82.